The Kier molecular flexibility index (Phi) is 7.25. The molecule has 1 aromatic heterocycles. The highest BCUT2D eigenvalue weighted by molar-refractivity contribution is 7.89. The first kappa shape index (κ1) is 22.4. The summed E-state index contributed by atoms with van der Waals surface area (Å²) in [4.78, 5) is 17.1. The van der Waals surface area contributed by atoms with Gasteiger partial charge in [0.2, 0.25) is 10.0 Å². The Morgan fingerprint density at radius 2 is 1.90 bits per heavy atom. The Labute approximate surface area is 184 Å². The minimum absolute atomic E-state index is 0.0135. The van der Waals surface area contributed by atoms with Gasteiger partial charge in [-0.05, 0) is 24.1 Å². The zero-order valence-electron chi connectivity index (χ0n) is 16.4. The lowest BCUT2D eigenvalue weighted by molar-refractivity contribution is -0.148. The van der Waals surface area contributed by atoms with Crippen molar-refractivity contribution < 1.29 is 17.9 Å². The first-order valence-electron chi connectivity index (χ1n) is 9.20. The van der Waals surface area contributed by atoms with E-state index in [1.807, 2.05) is 35.7 Å². The van der Waals surface area contributed by atoms with Crippen LogP contribution >= 0.6 is 22.9 Å². The lowest BCUT2D eigenvalue weighted by Gasteiger charge is -2.20. The zero-order valence-corrected chi connectivity index (χ0v) is 18.8. The van der Waals surface area contributed by atoms with Crippen LogP contribution in [-0.4, -0.2) is 25.4 Å². The van der Waals surface area contributed by atoms with E-state index in [-0.39, 0.29) is 17.4 Å². The molecule has 0 saturated carbocycles. The van der Waals surface area contributed by atoms with Gasteiger partial charge in [0, 0.05) is 16.0 Å². The number of esters is 1. The first-order valence-corrected chi connectivity index (χ1v) is 11.9. The number of nitrogens with zero attached hydrogens (tertiary/aromatic N) is 1. The maximum absolute atomic E-state index is 12.6. The molecule has 3 rings (SSSR count). The summed E-state index contributed by atoms with van der Waals surface area (Å²) < 4.78 is 33.1. The highest BCUT2D eigenvalue weighted by atomic mass is 35.5. The van der Waals surface area contributed by atoms with Crippen LogP contribution in [0.15, 0.2) is 64.9 Å². The molecule has 0 aliphatic carbocycles. The number of hydrogen-bond acceptors (Lipinski definition) is 6. The van der Waals surface area contributed by atoms with E-state index in [0.717, 1.165) is 10.6 Å². The van der Waals surface area contributed by atoms with Gasteiger partial charge in [-0.15, -0.1) is 11.3 Å². The number of carbonyl (C=O) groups is 1. The fourth-order valence-electron chi connectivity index (χ4n) is 2.65. The Balaban J connectivity index is 1.67. The molecule has 1 heterocycles. The summed E-state index contributed by atoms with van der Waals surface area (Å²) in [6.45, 7) is 3.44. The van der Waals surface area contributed by atoms with Crippen molar-refractivity contribution in [1.29, 1.82) is 0 Å². The number of thiazole rings is 1. The van der Waals surface area contributed by atoms with Gasteiger partial charge in [-0.3, -0.25) is 4.79 Å². The fraction of sp³-hybridized carbons (Fsp3) is 0.238. The van der Waals surface area contributed by atoms with Gasteiger partial charge in [0.25, 0.3) is 0 Å². The number of aromatic nitrogens is 1. The third kappa shape index (κ3) is 5.66. The molecule has 0 saturated heterocycles. The molecule has 1 N–H and O–H groups in total. The van der Waals surface area contributed by atoms with Crippen molar-refractivity contribution in [2.45, 2.75) is 31.4 Å². The van der Waals surface area contributed by atoms with Gasteiger partial charge in [-0.2, -0.15) is 4.72 Å². The van der Waals surface area contributed by atoms with Crippen LogP contribution < -0.4 is 4.72 Å². The number of benzene rings is 2. The number of hydrogen-bond donors (Lipinski definition) is 1. The molecule has 0 bridgehead atoms. The summed E-state index contributed by atoms with van der Waals surface area (Å²) in [5.41, 5.74) is 1.59. The predicted molar refractivity (Wildman–Crippen MR) is 118 cm³/mol. The van der Waals surface area contributed by atoms with Gasteiger partial charge in [0.05, 0.1) is 10.6 Å². The molecule has 0 amide bonds. The van der Waals surface area contributed by atoms with Gasteiger partial charge < -0.3 is 4.74 Å². The monoisotopic (exact) mass is 464 g/mol. The van der Waals surface area contributed by atoms with Crippen LogP contribution in [0, 0.1) is 5.92 Å². The topological polar surface area (TPSA) is 85.4 Å². The number of sulfonamides is 1. The summed E-state index contributed by atoms with van der Waals surface area (Å²) >= 11 is 7.34. The molecule has 0 aliphatic heterocycles. The molecule has 0 spiro atoms. The maximum Gasteiger partial charge on any atom is 0.324 e. The number of nitrogens with one attached hydrogen (secondary N) is 1. The summed E-state index contributed by atoms with van der Waals surface area (Å²) in [5, 5.41) is 2.93. The van der Waals surface area contributed by atoms with Crippen molar-refractivity contribution in [3.63, 3.8) is 0 Å². The van der Waals surface area contributed by atoms with E-state index < -0.39 is 22.0 Å². The van der Waals surface area contributed by atoms with Crippen molar-refractivity contribution in [3.8, 4) is 10.6 Å². The van der Waals surface area contributed by atoms with Crippen LogP contribution in [0.3, 0.4) is 0 Å². The standard InChI is InChI=1S/C21H21ClN2O4S2/c1-14(2)19(24-30(26,27)18-10-6-9-16(22)11-18)21(25)28-12-17-13-29-20(23-17)15-7-4-3-5-8-15/h3-11,13-14,19,24H,12H2,1-2H3. The van der Waals surface area contributed by atoms with E-state index >= 15 is 0 Å². The number of rotatable bonds is 8. The second-order valence-electron chi connectivity index (χ2n) is 6.92. The Morgan fingerprint density at radius 3 is 2.57 bits per heavy atom. The van der Waals surface area contributed by atoms with Crippen molar-refractivity contribution in [2.24, 2.45) is 5.92 Å². The van der Waals surface area contributed by atoms with E-state index in [1.54, 1.807) is 19.9 Å². The molecule has 1 unspecified atom stereocenters. The molecule has 3 aromatic rings. The van der Waals surface area contributed by atoms with Gasteiger partial charge in [-0.1, -0.05) is 61.8 Å². The normalized spacial score (nSPS) is 12.7. The molecule has 2 aromatic carbocycles. The minimum atomic E-state index is -3.94. The van der Waals surface area contributed by atoms with Gasteiger partial charge >= 0.3 is 5.97 Å². The van der Waals surface area contributed by atoms with E-state index in [0.29, 0.717) is 10.7 Å². The number of carbonyl (C=O) groups excluding carboxylic acids is 1. The van der Waals surface area contributed by atoms with Crippen LogP contribution in [0.2, 0.25) is 5.02 Å². The van der Waals surface area contributed by atoms with E-state index in [9.17, 15) is 13.2 Å². The van der Waals surface area contributed by atoms with Crippen molar-refractivity contribution in [1.82, 2.24) is 9.71 Å². The minimum Gasteiger partial charge on any atom is -0.458 e. The summed E-state index contributed by atoms with van der Waals surface area (Å²) in [7, 11) is -3.94. The molecule has 9 heteroatoms. The fourth-order valence-corrected chi connectivity index (χ4v) is 5.09. The zero-order chi connectivity index (χ0) is 21.7. The summed E-state index contributed by atoms with van der Waals surface area (Å²) in [6, 6.07) is 14.5. The Hall–Kier alpha value is -2.26. The van der Waals surface area contributed by atoms with Gasteiger partial charge in [0.1, 0.15) is 17.7 Å². The quantitative estimate of drug-likeness (QED) is 0.496. The lowest BCUT2D eigenvalue weighted by Crippen LogP contribution is -2.45. The molecular formula is C21H21ClN2O4S2. The number of halogens is 1. The van der Waals surface area contributed by atoms with Gasteiger partial charge in [0.15, 0.2) is 0 Å². The predicted octanol–water partition coefficient (Wildman–Crippen LogP) is 4.51. The SMILES string of the molecule is CC(C)C(NS(=O)(=O)c1cccc(Cl)c1)C(=O)OCc1csc(-c2ccccc2)n1. The second kappa shape index (κ2) is 9.70. The summed E-state index contributed by atoms with van der Waals surface area (Å²) in [6.07, 6.45) is 0. The van der Waals surface area contributed by atoms with E-state index in [2.05, 4.69) is 9.71 Å². The van der Waals surface area contributed by atoms with Crippen molar-refractivity contribution in [3.05, 3.63) is 70.7 Å². The summed E-state index contributed by atoms with van der Waals surface area (Å²) in [5.74, 6) is -0.980. The lowest BCUT2D eigenvalue weighted by atomic mass is 10.1. The largest absolute Gasteiger partial charge is 0.458 e. The molecule has 6 nitrogen and oxygen atoms in total. The molecule has 30 heavy (non-hydrogen) atoms. The third-order valence-electron chi connectivity index (χ3n) is 4.24. The molecule has 158 valence electrons. The Morgan fingerprint density at radius 1 is 1.17 bits per heavy atom. The molecule has 1 atom stereocenters. The van der Waals surface area contributed by atoms with Gasteiger partial charge in [-0.25, -0.2) is 13.4 Å². The Bertz CT molecular complexity index is 1110. The molecule has 0 fully saturated rings. The van der Waals surface area contributed by atoms with Crippen LogP contribution in [0.1, 0.15) is 19.5 Å². The smallest absolute Gasteiger partial charge is 0.324 e. The molecule has 0 radical (unpaired) electrons. The highest BCUT2D eigenvalue weighted by Crippen LogP contribution is 2.24. The van der Waals surface area contributed by atoms with E-state index in [1.165, 1.54) is 29.5 Å². The van der Waals surface area contributed by atoms with Crippen molar-refractivity contribution in [2.75, 3.05) is 0 Å². The van der Waals surface area contributed by atoms with Crippen LogP contribution in [-0.2, 0) is 26.2 Å². The average molecular weight is 465 g/mol. The molecule has 0 aliphatic rings. The van der Waals surface area contributed by atoms with Crippen LogP contribution in [0.25, 0.3) is 10.6 Å². The second-order valence-corrected chi connectivity index (χ2v) is 9.93. The first-order chi connectivity index (χ1) is 14.3. The van der Waals surface area contributed by atoms with Crippen LogP contribution in [0.4, 0.5) is 0 Å². The molecular weight excluding hydrogens is 444 g/mol. The van der Waals surface area contributed by atoms with Crippen LogP contribution in [0.5, 0.6) is 0 Å². The maximum atomic E-state index is 12.6. The third-order valence-corrected chi connectivity index (χ3v) is 6.86. The van der Waals surface area contributed by atoms with Crippen molar-refractivity contribution >= 4 is 38.9 Å². The number of ether oxygens (including phenoxy) is 1. The highest BCUT2D eigenvalue weighted by Gasteiger charge is 2.30. The average Bonchev–Trinajstić information content (AvgIpc) is 3.20. The van der Waals surface area contributed by atoms with E-state index in [4.69, 9.17) is 16.3 Å².